The summed E-state index contributed by atoms with van der Waals surface area (Å²) in [6.07, 6.45) is 0.0597. The highest BCUT2D eigenvalue weighted by molar-refractivity contribution is 5.88. The van der Waals surface area contributed by atoms with Crippen LogP contribution in [0.1, 0.15) is 72.6 Å². The third-order valence-electron chi connectivity index (χ3n) is 7.08. The third-order valence-corrected chi connectivity index (χ3v) is 7.08. The normalized spacial score (nSPS) is 41.9. The van der Waals surface area contributed by atoms with Gasteiger partial charge in [0.25, 0.3) is 0 Å². The minimum Gasteiger partial charge on any atom is -0.466 e. The Balaban J connectivity index is 2.38. The molecule has 2 rings (SSSR count). The van der Waals surface area contributed by atoms with Crippen LogP contribution in [0.2, 0.25) is 0 Å². The van der Waals surface area contributed by atoms with Crippen molar-refractivity contribution < 1.29 is 39.1 Å². The molecule has 0 aromatic carbocycles. The molecule has 8 heteroatoms. The summed E-state index contributed by atoms with van der Waals surface area (Å²) in [6, 6.07) is 0. The largest absolute Gasteiger partial charge is 0.466 e. The van der Waals surface area contributed by atoms with E-state index in [1.807, 2.05) is 6.92 Å². The first-order valence-electron chi connectivity index (χ1n) is 11.0. The molecule has 2 fully saturated rings. The van der Waals surface area contributed by atoms with Gasteiger partial charge in [-0.2, -0.15) is 0 Å². The number of ether oxygens (including phenoxy) is 3. The maximum absolute atomic E-state index is 12.1. The monoisotopic (exact) mass is 442 g/mol. The first-order valence-corrected chi connectivity index (χ1v) is 11.0. The van der Waals surface area contributed by atoms with Crippen molar-refractivity contribution in [2.75, 3.05) is 7.11 Å². The van der Waals surface area contributed by atoms with Gasteiger partial charge in [-0.1, -0.05) is 6.58 Å². The molecule has 0 aliphatic carbocycles. The molecular formula is C23H38O8. The van der Waals surface area contributed by atoms with E-state index in [9.17, 15) is 24.9 Å². The van der Waals surface area contributed by atoms with E-state index < -0.39 is 53.0 Å². The van der Waals surface area contributed by atoms with E-state index in [2.05, 4.69) is 6.58 Å². The number of hydrogen-bond donors (Lipinski definition) is 3. The van der Waals surface area contributed by atoms with Crippen LogP contribution >= 0.6 is 0 Å². The van der Waals surface area contributed by atoms with Crippen LogP contribution in [0, 0.1) is 5.92 Å². The molecule has 0 aromatic heterocycles. The molecule has 0 amide bonds. The second kappa shape index (κ2) is 9.57. The number of aliphatic hydroxyl groups is 3. The number of carbonyl (C=O) groups is 2. The zero-order chi connectivity index (χ0) is 23.6. The second-order valence-electron chi connectivity index (χ2n) is 9.81. The van der Waals surface area contributed by atoms with Crippen LogP contribution in [-0.4, -0.2) is 69.5 Å². The van der Waals surface area contributed by atoms with Crippen LogP contribution in [0.15, 0.2) is 12.2 Å². The Labute approximate surface area is 184 Å². The molecule has 2 bridgehead atoms. The fraction of sp³-hybridized carbons (Fsp3) is 0.826. The molecule has 8 nitrogen and oxygen atoms in total. The zero-order valence-corrected chi connectivity index (χ0v) is 19.3. The van der Waals surface area contributed by atoms with Crippen molar-refractivity contribution in [3.05, 3.63) is 12.2 Å². The summed E-state index contributed by atoms with van der Waals surface area (Å²) in [5.41, 5.74) is -3.31. The van der Waals surface area contributed by atoms with Gasteiger partial charge in [-0.15, -0.1) is 0 Å². The predicted molar refractivity (Wildman–Crippen MR) is 113 cm³/mol. The summed E-state index contributed by atoms with van der Waals surface area (Å²) in [7, 11) is 1.26. The Kier molecular flexibility index (Phi) is 7.95. The fourth-order valence-corrected chi connectivity index (χ4v) is 4.70. The van der Waals surface area contributed by atoms with E-state index in [1.165, 1.54) is 21.0 Å². The SMILES string of the molecule is C=C(C(=O)OC)[C@H]1CC[C@](C)(O)[C@@H]2CC[C@](C)(O2)[C@H](OC(C)=O)CC[C@@](C)(O)[C@H](O)C1. The Morgan fingerprint density at radius 1 is 1.03 bits per heavy atom. The minimum absolute atomic E-state index is 0.0814. The predicted octanol–water partition coefficient (Wildman–Crippen LogP) is 2.03. The lowest BCUT2D eigenvalue weighted by Crippen LogP contribution is -2.47. The smallest absolute Gasteiger partial charge is 0.333 e. The van der Waals surface area contributed by atoms with Crippen LogP contribution in [-0.2, 0) is 23.8 Å². The summed E-state index contributed by atoms with van der Waals surface area (Å²) < 4.78 is 16.6. The van der Waals surface area contributed by atoms with Crippen LogP contribution in [0.5, 0.6) is 0 Å². The molecule has 2 aliphatic heterocycles. The maximum Gasteiger partial charge on any atom is 0.333 e. The number of esters is 2. The van der Waals surface area contributed by atoms with E-state index in [-0.39, 0.29) is 24.8 Å². The fourth-order valence-electron chi connectivity index (χ4n) is 4.70. The topological polar surface area (TPSA) is 123 Å². The lowest BCUT2D eigenvalue weighted by Gasteiger charge is -2.37. The van der Waals surface area contributed by atoms with Crippen molar-refractivity contribution in [3.63, 3.8) is 0 Å². The number of hydrogen-bond acceptors (Lipinski definition) is 8. The minimum atomic E-state index is -1.49. The summed E-state index contributed by atoms with van der Waals surface area (Å²) in [6.45, 7) is 10.2. The highest BCUT2D eigenvalue weighted by Crippen LogP contribution is 2.43. The molecule has 0 aromatic rings. The van der Waals surface area contributed by atoms with Gasteiger partial charge in [-0.05, 0) is 71.6 Å². The number of fused-ring (bicyclic) bond motifs is 2. The van der Waals surface area contributed by atoms with E-state index >= 15 is 0 Å². The average Bonchev–Trinajstić information content (AvgIpc) is 3.10. The molecule has 0 spiro atoms. The van der Waals surface area contributed by atoms with Crippen LogP contribution in [0.3, 0.4) is 0 Å². The van der Waals surface area contributed by atoms with Gasteiger partial charge in [0.1, 0.15) is 11.7 Å². The summed E-state index contributed by atoms with van der Waals surface area (Å²) >= 11 is 0. The molecule has 0 radical (unpaired) electrons. The average molecular weight is 443 g/mol. The zero-order valence-electron chi connectivity index (χ0n) is 19.3. The first kappa shape index (κ1) is 25.8. The van der Waals surface area contributed by atoms with Crippen molar-refractivity contribution in [1.82, 2.24) is 0 Å². The summed E-state index contributed by atoms with van der Waals surface area (Å²) in [4.78, 5) is 23.8. The Morgan fingerprint density at radius 2 is 1.65 bits per heavy atom. The van der Waals surface area contributed by atoms with Crippen molar-refractivity contribution >= 4 is 11.9 Å². The van der Waals surface area contributed by atoms with E-state index in [1.54, 1.807) is 6.92 Å². The lowest BCUT2D eigenvalue weighted by atomic mass is 9.78. The molecule has 3 N–H and O–H groups in total. The molecule has 2 heterocycles. The van der Waals surface area contributed by atoms with Crippen LogP contribution < -0.4 is 0 Å². The first-order chi connectivity index (χ1) is 14.2. The molecule has 7 atom stereocenters. The molecule has 0 unspecified atom stereocenters. The highest BCUT2D eigenvalue weighted by Gasteiger charge is 2.50. The maximum atomic E-state index is 12.1. The van der Waals surface area contributed by atoms with Gasteiger partial charge in [0.15, 0.2) is 0 Å². The van der Waals surface area contributed by atoms with Crippen molar-refractivity contribution in [2.24, 2.45) is 5.92 Å². The van der Waals surface area contributed by atoms with Gasteiger partial charge in [-0.3, -0.25) is 4.79 Å². The number of rotatable bonds is 3. The van der Waals surface area contributed by atoms with E-state index in [0.717, 1.165) is 0 Å². The Bertz CT molecular complexity index is 685. The van der Waals surface area contributed by atoms with Crippen molar-refractivity contribution in [3.8, 4) is 0 Å². The van der Waals surface area contributed by atoms with Gasteiger partial charge in [-0.25, -0.2) is 4.79 Å². The summed E-state index contributed by atoms with van der Waals surface area (Å²) in [5.74, 6) is -1.53. The molecule has 31 heavy (non-hydrogen) atoms. The van der Waals surface area contributed by atoms with E-state index in [0.29, 0.717) is 25.7 Å². The van der Waals surface area contributed by atoms with Gasteiger partial charge >= 0.3 is 11.9 Å². The van der Waals surface area contributed by atoms with Gasteiger partial charge in [0.2, 0.25) is 0 Å². The lowest BCUT2D eigenvalue weighted by molar-refractivity contribution is -0.185. The summed E-state index contributed by atoms with van der Waals surface area (Å²) in [5, 5.41) is 33.0. The van der Waals surface area contributed by atoms with E-state index in [4.69, 9.17) is 14.2 Å². The van der Waals surface area contributed by atoms with Gasteiger partial charge in [0, 0.05) is 12.5 Å². The van der Waals surface area contributed by atoms with Crippen LogP contribution in [0.25, 0.3) is 0 Å². The van der Waals surface area contributed by atoms with Gasteiger partial charge < -0.3 is 29.5 Å². The number of aliphatic hydroxyl groups excluding tert-OH is 1. The standard InChI is InChI=1S/C23H38O8/c1-14(20(26)29-6)16-7-10-22(4,28)18-9-12-23(5,31-18)19(30-15(2)24)8-11-21(3,27)17(25)13-16/h16-19,25,27-28H,1,7-13H2,2-6H3/t16-,17+,18-,19+,21+,22-,23-/m0/s1. The molecular weight excluding hydrogens is 404 g/mol. The number of carbonyl (C=O) groups excluding carboxylic acids is 2. The van der Waals surface area contributed by atoms with Gasteiger partial charge in [0.05, 0.1) is 30.5 Å². The van der Waals surface area contributed by atoms with Crippen molar-refractivity contribution in [1.29, 1.82) is 0 Å². The third kappa shape index (κ3) is 6.06. The molecule has 178 valence electrons. The number of methoxy groups -OCH3 is 1. The Hall–Kier alpha value is -1.48. The highest BCUT2D eigenvalue weighted by atomic mass is 16.6. The quantitative estimate of drug-likeness (QED) is 0.448. The molecule has 2 aliphatic rings. The van der Waals surface area contributed by atoms with Crippen LogP contribution in [0.4, 0.5) is 0 Å². The molecule has 0 saturated carbocycles. The van der Waals surface area contributed by atoms with Crippen molar-refractivity contribution in [2.45, 2.75) is 108 Å². The Morgan fingerprint density at radius 3 is 2.23 bits per heavy atom. The second-order valence-corrected chi connectivity index (χ2v) is 9.81. The molecule has 2 saturated heterocycles.